The molecular formula is C29H40F3N7O2. The van der Waals surface area contributed by atoms with Gasteiger partial charge in [0.25, 0.3) is 5.91 Å². The molecule has 1 saturated carbocycles. The summed E-state index contributed by atoms with van der Waals surface area (Å²) in [6.07, 6.45) is -0.301. The summed E-state index contributed by atoms with van der Waals surface area (Å²) in [4.78, 5) is 38.2. The van der Waals surface area contributed by atoms with Crippen molar-refractivity contribution in [3.05, 3.63) is 41.1 Å². The van der Waals surface area contributed by atoms with Gasteiger partial charge in [-0.05, 0) is 84.3 Å². The minimum absolute atomic E-state index is 0.0485. The minimum atomic E-state index is -4.68. The second kappa shape index (κ2) is 12.6. The lowest BCUT2D eigenvalue weighted by atomic mass is 10.0. The number of aromatic nitrogens is 2. The quantitative estimate of drug-likeness (QED) is 0.415. The molecule has 0 bridgehead atoms. The number of likely N-dealkylation sites (tertiary alicyclic amines) is 1. The Bertz CT molecular complexity index is 1250. The van der Waals surface area contributed by atoms with E-state index < -0.39 is 23.7 Å². The van der Waals surface area contributed by atoms with E-state index in [0.717, 1.165) is 44.1 Å². The lowest BCUT2D eigenvalue weighted by Crippen LogP contribution is -2.44. The average Bonchev–Trinajstić information content (AvgIpc) is 3.37. The van der Waals surface area contributed by atoms with E-state index in [2.05, 4.69) is 37.9 Å². The van der Waals surface area contributed by atoms with Crippen LogP contribution in [0.3, 0.4) is 0 Å². The lowest BCUT2D eigenvalue weighted by molar-refractivity contribution is -0.137. The van der Waals surface area contributed by atoms with E-state index in [1.54, 1.807) is 23.1 Å². The molecule has 2 aromatic rings. The van der Waals surface area contributed by atoms with Gasteiger partial charge in [-0.1, -0.05) is 12.5 Å². The van der Waals surface area contributed by atoms with Crippen molar-refractivity contribution in [2.75, 3.05) is 37.8 Å². The number of hydrogen-bond acceptors (Lipinski definition) is 7. The molecule has 2 aliphatic rings. The first-order valence-electron chi connectivity index (χ1n) is 14.2. The molecule has 2 atom stereocenters. The van der Waals surface area contributed by atoms with Crippen molar-refractivity contribution in [3.8, 4) is 0 Å². The van der Waals surface area contributed by atoms with Crippen LogP contribution in [0.5, 0.6) is 0 Å². The highest BCUT2D eigenvalue weighted by atomic mass is 19.4. The Labute approximate surface area is 239 Å². The number of aryl methyl sites for hydroxylation is 1. The van der Waals surface area contributed by atoms with Crippen LogP contribution < -0.4 is 16.0 Å². The van der Waals surface area contributed by atoms with E-state index in [4.69, 9.17) is 0 Å². The molecule has 2 fully saturated rings. The highest BCUT2D eigenvalue weighted by molar-refractivity contribution is 5.96. The van der Waals surface area contributed by atoms with E-state index in [0.29, 0.717) is 24.1 Å². The van der Waals surface area contributed by atoms with E-state index in [1.165, 1.54) is 0 Å². The number of halogens is 3. The third kappa shape index (κ3) is 7.46. The van der Waals surface area contributed by atoms with Crippen LogP contribution in [0.15, 0.2) is 24.4 Å². The maximum Gasteiger partial charge on any atom is 0.421 e. The summed E-state index contributed by atoms with van der Waals surface area (Å²) in [7, 11) is 3.88. The topological polar surface area (TPSA) is 102 Å². The van der Waals surface area contributed by atoms with Crippen molar-refractivity contribution in [1.82, 2.24) is 25.1 Å². The molecule has 1 aliphatic heterocycles. The summed E-state index contributed by atoms with van der Waals surface area (Å²) in [6, 6.07) is 4.79. The van der Waals surface area contributed by atoms with Crippen LogP contribution in [0.25, 0.3) is 0 Å². The second-order valence-electron chi connectivity index (χ2n) is 11.5. The number of anilines is 3. The maximum atomic E-state index is 13.9. The van der Waals surface area contributed by atoms with Gasteiger partial charge in [-0.2, -0.15) is 18.2 Å². The predicted molar refractivity (Wildman–Crippen MR) is 152 cm³/mol. The highest BCUT2D eigenvalue weighted by Crippen LogP contribution is 2.37. The molecule has 1 aromatic carbocycles. The van der Waals surface area contributed by atoms with Gasteiger partial charge in [-0.15, -0.1) is 0 Å². The van der Waals surface area contributed by atoms with E-state index in [1.807, 2.05) is 27.8 Å². The Morgan fingerprint density at radius 3 is 2.49 bits per heavy atom. The molecule has 1 aromatic heterocycles. The number of alkyl halides is 3. The van der Waals surface area contributed by atoms with Gasteiger partial charge >= 0.3 is 6.18 Å². The van der Waals surface area contributed by atoms with E-state index in [-0.39, 0.29) is 35.7 Å². The number of hydrogen-bond donors (Lipinski definition) is 3. The summed E-state index contributed by atoms with van der Waals surface area (Å²) in [6.45, 7) is 7.39. The molecule has 0 spiro atoms. The average molecular weight is 576 g/mol. The predicted octanol–water partition coefficient (Wildman–Crippen LogP) is 4.82. The number of carbonyl (C=O) groups is 2. The number of nitrogens with zero attached hydrogens (tertiary/aromatic N) is 4. The van der Waals surface area contributed by atoms with E-state index in [9.17, 15) is 22.8 Å². The molecule has 12 heteroatoms. The van der Waals surface area contributed by atoms with Gasteiger partial charge in [0, 0.05) is 42.6 Å². The molecule has 4 rings (SSSR count). The smallest absolute Gasteiger partial charge is 0.366 e. The maximum absolute atomic E-state index is 13.9. The van der Waals surface area contributed by atoms with Crippen LogP contribution in [0.2, 0.25) is 0 Å². The van der Waals surface area contributed by atoms with Gasteiger partial charge in [-0.3, -0.25) is 9.59 Å². The van der Waals surface area contributed by atoms with Gasteiger partial charge in [-0.25, -0.2) is 4.98 Å². The van der Waals surface area contributed by atoms with Gasteiger partial charge in [0.1, 0.15) is 11.4 Å². The number of nitrogens with one attached hydrogen (secondary N) is 3. The molecule has 2 amide bonds. The fourth-order valence-corrected chi connectivity index (χ4v) is 5.57. The Hall–Kier alpha value is -3.41. The molecule has 0 unspecified atom stereocenters. The fraction of sp³-hybridized carbons (Fsp3) is 0.586. The number of piperidine rings is 1. The Balaban J connectivity index is 1.55. The summed E-state index contributed by atoms with van der Waals surface area (Å²) >= 11 is 0. The minimum Gasteiger partial charge on any atom is -0.366 e. The van der Waals surface area contributed by atoms with Gasteiger partial charge in [0.2, 0.25) is 11.9 Å². The molecule has 224 valence electrons. The zero-order chi connectivity index (χ0) is 29.9. The summed E-state index contributed by atoms with van der Waals surface area (Å²) in [5.74, 6) is -1.18. The Morgan fingerprint density at radius 2 is 1.83 bits per heavy atom. The summed E-state index contributed by atoms with van der Waals surface area (Å²) < 4.78 is 41.6. The SMILES string of the molecule is Cc1ccc(Nc2ncc(C(F)(F)F)c(N[C@@H]3CCC[C@@H]3C(=O)NC(C)C)n2)cc1C(=O)N(C)C1CCN(C)CC1. The number of amides is 2. The molecule has 2 heterocycles. The van der Waals surface area contributed by atoms with Crippen LogP contribution in [-0.4, -0.2) is 76.9 Å². The third-order valence-electron chi connectivity index (χ3n) is 7.98. The van der Waals surface area contributed by atoms with Crippen LogP contribution in [0, 0.1) is 12.8 Å². The largest absolute Gasteiger partial charge is 0.421 e. The molecule has 1 aliphatic carbocycles. The van der Waals surface area contributed by atoms with Crippen LogP contribution in [-0.2, 0) is 11.0 Å². The molecule has 41 heavy (non-hydrogen) atoms. The van der Waals surface area contributed by atoms with E-state index >= 15 is 0 Å². The van der Waals surface area contributed by atoms with Crippen molar-refractivity contribution in [3.63, 3.8) is 0 Å². The molecule has 3 N–H and O–H groups in total. The molecular weight excluding hydrogens is 535 g/mol. The second-order valence-corrected chi connectivity index (χ2v) is 11.5. The number of rotatable bonds is 8. The molecule has 1 saturated heterocycles. The molecule has 9 nitrogen and oxygen atoms in total. The fourth-order valence-electron chi connectivity index (χ4n) is 5.57. The third-order valence-corrected chi connectivity index (χ3v) is 7.98. The Morgan fingerprint density at radius 1 is 1.12 bits per heavy atom. The number of benzene rings is 1. The highest BCUT2D eigenvalue weighted by Gasteiger charge is 2.39. The first-order chi connectivity index (χ1) is 19.3. The monoisotopic (exact) mass is 575 g/mol. The van der Waals surface area contributed by atoms with Gasteiger partial charge in [0.15, 0.2) is 0 Å². The number of carbonyl (C=O) groups excluding carboxylic acids is 2. The summed E-state index contributed by atoms with van der Waals surface area (Å²) in [5, 5.41) is 8.73. The van der Waals surface area contributed by atoms with Crippen LogP contribution >= 0.6 is 0 Å². The first-order valence-corrected chi connectivity index (χ1v) is 14.2. The van der Waals surface area contributed by atoms with Gasteiger partial charge < -0.3 is 25.8 Å². The zero-order valence-corrected chi connectivity index (χ0v) is 24.3. The van der Waals surface area contributed by atoms with Crippen LogP contribution in [0.4, 0.5) is 30.6 Å². The summed E-state index contributed by atoms with van der Waals surface area (Å²) in [5.41, 5.74) is 0.781. The normalized spacial score (nSPS) is 20.2. The van der Waals surface area contributed by atoms with Crippen molar-refractivity contribution in [1.29, 1.82) is 0 Å². The van der Waals surface area contributed by atoms with Crippen molar-refractivity contribution < 1.29 is 22.8 Å². The van der Waals surface area contributed by atoms with Crippen molar-refractivity contribution >= 4 is 29.3 Å². The molecule has 0 radical (unpaired) electrons. The lowest BCUT2D eigenvalue weighted by Gasteiger charge is -2.35. The Kier molecular flexibility index (Phi) is 9.41. The van der Waals surface area contributed by atoms with Crippen molar-refractivity contribution in [2.45, 2.75) is 77.2 Å². The standard InChI is InChI=1S/C29H40F3N7O2/c1-17(2)34-26(40)21-7-6-8-24(21)36-25-23(29(30,31)32)16-33-28(37-25)35-19-10-9-18(3)22(15-19)27(41)39(5)20-11-13-38(4)14-12-20/h9-10,15-17,20-21,24H,6-8,11-14H2,1-5H3,(H,34,40)(H2,33,35,36,37)/t21-,24+/m0/s1. The zero-order valence-electron chi connectivity index (χ0n) is 24.3. The van der Waals surface area contributed by atoms with Crippen LogP contribution in [0.1, 0.15) is 67.4 Å². The van der Waals surface area contributed by atoms with Gasteiger partial charge in [0.05, 0.1) is 5.92 Å². The first kappa shape index (κ1) is 30.5. The van der Waals surface area contributed by atoms with Crippen molar-refractivity contribution in [2.24, 2.45) is 5.92 Å².